The van der Waals surface area contributed by atoms with E-state index >= 15 is 0 Å². The number of urea groups is 1. The normalized spacial score (nSPS) is 12.1. The van der Waals surface area contributed by atoms with E-state index in [2.05, 4.69) is 5.32 Å². The minimum atomic E-state index is -1.41. The van der Waals surface area contributed by atoms with Crippen molar-refractivity contribution in [2.45, 2.75) is 31.9 Å². The minimum Gasteiger partial charge on any atom is -0.494 e. The van der Waals surface area contributed by atoms with Crippen LogP contribution in [0.1, 0.15) is 24.5 Å². The molecule has 0 aromatic heterocycles. The summed E-state index contributed by atoms with van der Waals surface area (Å²) in [6.45, 7) is 3.00. The first-order chi connectivity index (χ1) is 19.4. The number of rotatable bonds is 13. The first-order valence-corrected chi connectivity index (χ1v) is 13.3. The van der Waals surface area contributed by atoms with E-state index in [9.17, 15) is 14.7 Å². The molecular weight excluding hydrogens is 504 g/mol. The third-order valence-electron chi connectivity index (χ3n) is 6.37. The molecule has 2 N–H and O–H groups in total. The van der Waals surface area contributed by atoms with E-state index in [1.807, 2.05) is 91.0 Å². The average molecular weight is 539 g/mol. The molecule has 0 saturated heterocycles. The zero-order valence-corrected chi connectivity index (χ0v) is 22.5. The lowest BCUT2D eigenvalue weighted by Crippen LogP contribution is -2.43. The maximum absolute atomic E-state index is 13.0. The molecule has 0 spiro atoms. The number of anilines is 1. The minimum absolute atomic E-state index is 0.168. The molecule has 0 aliphatic carbocycles. The fourth-order valence-corrected chi connectivity index (χ4v) is 4.22. The summed E-state index contributed by atoms with van der Waals surface area (Å²) in [5, 5.41) is 12.8. The van der Waals surface area contributed by atoms with Crippen LogP contribution in [0.3, 0.4) is 0 Å². The number of carbonyl (C=O) groups is 2. The van der Waals surface area contributed by atoms with Gasteiger partial charge in [0, 0.05) is 25.2 Å². The molecule has 2 amide bonds. The number of nitrogens with zero attached hydrogens (tertiary/aromatic N) is 1. The Labute approximate surface area is 235 Å². The molecule has 0 radical (unpaired) electrons. The second-order valence-electron chi connectivity index (χ2n) is 9.68. The van der Waals surface area contributed by atoms with Gasteiger partial charge in [-0.1, -0.05) is 78.9 Å². The second-order valence-corrected chi connectivity index (χ2v) is 9.68. The number of ether oxygens (including phenoxy) is 2. The van der Waals surface area contributed by atoms with Gasteiger partial charge in [-0.15, -0.1) is 0 Å². The van der Waals surface area contributed by atoms with Crippen molar-refractivity contribution in [1.29, 1.82) is 0 Å². The summed E-state index contributed by atoms with van der Waals surface area (Å²) in [7, 11) is 0. The van der Waals surface area contributed by atoms with Gasteiger partial charge in [-0.25, -0.2) is 9.59 Å². The highest BCUT2D eigenvalue weighted by Crippen LogP contribution is 2.24. The number of nitrogens with one attached hydrogen (secondary N) is 1. The lowest BCUT2D eigenvalue weighted by atomic mass is 9.96. The standard InChI is InChI=1S/C33H34N2O5/c1-33(31(36)37,40-30-16-9-4-10-17-30)24-26-18-20-29(21-19-26)39-23-11-22-35(25-27-12-5-2-6-13-27)32(38)34-28-14-7-3-8-15-28/h2-10,12-21H,11,22-25H2,1H3,(H,34,38)(H,36,37)/t33-/m0/s1. The SMILES string of the molecule is C[C@@](Cc1ccc(OCCCN(Cc2ccccc2)C(=O)Nc2ccccc2)cc1)(Oc1ccccc1)C(=O)O. The molecule has 206 valence electrons. The Morgan fingerprint density at radius 3 is 2.00 bits per heavy atom. The van der Waals surface area contributed by atoms with Crippen molar-refractivity contribution in [3.05, 3.63) is 126 Å². The van der Waals surface area contributed by atoms with Gasteiger partial charge < -0.3 is 24.8 Å². The summed E-state index contributed by atoms with van der Waals surface area (Å²) < 4.78 is 11.8. The van der Waals surface area contributed by atoms with E-state index in [-0.39, 0.29) is 12.5 Å². The third kappa shape index (κ3) is 8.36. The number of carboxylic acid groups (broad SMARTS) is 1. The number of hydrogen-bond acceptors (Lipinski definition) is 4. The number of carbonyl (C=O) groups excluding carboxylic acids is 1. The molecule has 0 unspecified atom stereocenters. The van der Waals surface area contributed by atoms with E-state index < -0.39 is 11.6 Å². The summed E-state index contributed by atoms with van der Waals surface area (Å²) in [5.74, 6) is 0.146. The molecular formula is C33H34N2O5. The van der Waals surface area contributed by atoms with E-state index in [0.29, 0.717) is 37.6 Å². The highest BCUT2D eigenvalue weighted by atomic mass is 16.5. The summed E-state index contributed by atoms with van der Waals surface area (Å²) in [6, 6.07) is 35.4. The van der Waals surface area contributed by atoms with E-state index in [4.69, 9.17) is 9.47 Å². The average Bonchev–Trinajstić information content (AvgIpc) is 2.97. The van der Waals surface area contributed by atoms with Gasteiger partial charge in [0.05, 0.1) is 6.61 Å². The van der Waals surface area contributed by atoms with Crippen LogP contribution in [0.25, 0.3) is 0 Å². The molecule has 0 aliphatic heterocycles. The van der Waals surface area contributed by atoms with Crippen molar-refractivity contribution in [2.75, 3.05) is 18.5 Å². The van der Waals surface area contributed by atoms with Crippen molar-refractivity contribution in [3.63, 3.8) is 0 Å². The second kappa shape index (κ2) is 13.8. The van der Waals surface area contributed by atoms with Gasteiger partial charge in [0.25, 0.3) is 0 Å². The lowest BCUT2D eigenvalue weighted by Gasteiger charge is -2.26. The van der Waals surface area contributed by atoms with Gasteiger partial charge in [0.2, 0.25) is 5.60 Å². The summed E-state index contributed by atoms with van der Waals surface area (Å²) >= 11 is 0. The van der Waals surface area contributed by atoms with Crippen LogP contribution in [0.5, 0.6) is 11.5 Å². The zero-order valence-electron chi connectivity index (χ0n) is 22.5. The van der Waals surface area contributed by atoms with Crippen LogP contribution in [0.15, 0.2) is 115 Å². The van der Waals surface area contributed by atoms with Crippen molar-refractivity contribution < 1.29 is 24.2 Å². The molecule has 4 aromatic rings. The van der Waals surface area contributed by atoms with E-state index in [0.717, 1.165) is 16.8 Å². The van der Waals surface area contributed by atoms with Crippen molar-refractivity contribution >= 4 is 17.7 Å². The predicted molar refractivity (Wildman–Crippen MR) is 156 cm³/mol. The van der Waals surface area contributed by atoms with Crippen LogP contribution in [0.2, 0.25) is 0 Å². The molecule has 0 heterocycles. The zero-order chi connectivity index (χ0) is 28.2. The summed E-state index contributed by atoms with van der Waals surface area (Å²) in [5.41, 5.74) is 1.20. The predicted octanol–water partition coefficient (Wildman–Crippen LogP) is 6.65. The number of hydrogen-bond donors (Lipinski definition) is 2. The Morgan fingerprint density at radius 1 is 0.775 bits per heavy atom. The fourth-order valence-electron chi connectivity index (χ4n) is 4.22. The first-order valence-electron chi connectivity index (χ1n) is 13.3. The van der Waals surface area contributed by atoms with Crippen LogP contribution < -0.4 is 14.8 Å². The van der Waals surface area contributed by atoms with Crippen molar-refractivity contribution in [2.24, 2.45) is 0 Å². The topological polar surface area (TPSA) is 88.1 Å². The van der Waals surface area contributed by atoms with Crippen molar-refractivity contribution in [3.8, 4) is 11.5 Å². The fraction of sp³-hybridized carbons (Fsp3) is 0.212. The quantitative estimate of drug-likeness (QED) is 0.186. The molecule has 4 aromatic carbocycles. The Morgan fingerprint density at radius 2 is 1.38 bits per heavy atom. The molecule has 40 heavy (non-hydrogen) atoms. The van der Waals surface area contributed by atoms with Crippen LogP contribution in [-0.2, 0) is 17.8 Å². The van der Waals surface area contributed by atoms with Gasteiger partial charge >= 0.3 is 12.0 Å². The van der Waals surface area contributed by atoms with E-state index in [1.54, 1.807) is 36.1 Å². The Hall–Kier alpha value is -4.78. The monoisotopic (exact) mass is 538 g/mol. The molecule has 7 heteroatoms. The van der Waals surface area contributed by atoms with Crippen LogP contribution >= 0.6 is 0 Å². The summed E-state index contributed by atoms with van der Waals surface area (Å²) in [4.78, 5) is 26.8. The molecule has 0 fully saturated rings. The molecule has 4 rings (SSSR count). The van der Waals surface area contributed by atoms with Gasteiger partial charge in [0.1, 0.15) is 11.5 Å². The molecule has 0 bridgehead atoms. The Bertz CT molecular complexity index is 1350. The number of carboxylic acids is 1. The Balaban J connectivity index is 1.30. The number of para-hydroxylation sites is 2. The number of aliphatic carboxylic acids is 1. The lowest BCUT2D eigenvalue weighted by molar-refractivity contribution is -0.153. The van der Waals surface area contributed by atoms with Gasteiger partial charge in [0.15, 0.2) is 0 Å². The smallest absolute Gasteiger partial charge is 0.348 e. The van der Waals surface area contributed by atoms with Gasteiger partial charge in [-0.05, 0) is 60.9 Å². The highest BCUT2D eigenvalue weighted by Gasteiger charge is 2.36. The van der Waals surface area contributed by atoms with Gasteiger partial charge in [-0.3, -0.25) is 0 Å². The molecule has 1 atom stereocenters. The molecule has 0 saturated carbocycles. The number of benzene rings is 4. The van der Waals surface area contributed by atoms with Gasteiger partial charge in [-0.2, -0.15) is 0 Å². The van der Waals surface area contributed by atoms with Crippen LogP contribution in [0.4, 0.5) is 10.5 Å². The van der Waals surface area contributed by atoms with Crippen LogP contribution in [-0.4, -0.2) is 40.8 Å². The first kappa shape index (κ1) is 28.2. The molecule has 0 aliphatic rings. The molecule has 7 nitrogen and oxygen atoms in total. The van der Waals surface area contributed by atoms with Crippen LogP contribution in [0, 0.1) is 0 Å². The number of amides is 2. The van der Waals surface area contributed by atoms with Crippen molar-refractivity contribution in [1.82, 2.24) is 4.90 Å². The van der Waals surface area contributed by atoms with E-state index in [1.165, 1.54) is 0 Å². The third-order valence-corrected chi connectivity index (χ3v) is 6.37. The summed E-state index contributed by atoms with van der Waals surface area (Å²) in [6.07, 6.45) is 0.835. The highest BCUT2D eigenvalue weighted by molar-refractivity contribution is 5.89. The maximum atomic E-state index is 13.0. The maximum Gasteiger partial charge on any atom is 0.348 e. The largest absolute Gasteiger partial charge is 0.494 e. The Kier molecular flexibility index (Phi) is 9.77.